The quantitative estimate of drug-likeness (QED) is 0.677. The summed E-state index contributed by atoms with van der Waals surface area (Å²) in [6, 6.07) is 13.1. The predicted octanol–water partition coefficient (Wildman–Crippen LogP) is 2.99. The van der Waals surface area contributed by atoms with Gasteiger partial charge in [0.05, 0.1) is 17.7 Å². The molecule has 21 heavy (non-hydrogen) atoms. The van der Waals surface area contributed by atoms with E-state index in [0.717, 1.165) is 5.56 Å². The highest BCUT2D eigenvalue weighted by Crippen LogP contribution is 2.18. The second-order valence-corrected chi connectivity index (χ2v) is 4.53. The molecule has 0 aliphatic rings. The van der Waals surface area contributed by atoms with Gasteiger partial charge in [-0.1, -0.05) is 24.3 Å². The lowest BCUT2D eigenvalue weighted by molar-refractivity contribution is 0.0526. The van der Waals surface area contributed by atoms with Gasteiger partial charge in [-0.15, -0.1) is 0 Å². The van der Waals surface area contributed by atoms with Gasteiger partial charge in [0.1, 0.15) is 5.75 Å². The molecule has 0 unspecified atom stereocenters. The van der Waals surface area contributed by atoms with Crippen LogP contribution in [0.3, 0.4) is 0 Å². The van der Waals surface area contributed by atoms with Gasteiger partial charge in [-0.3, -0.25) is 4.79 Å². The number of phenolic OH excluding ortho intramolecular Hbond substituents is 1. The summed E-state index contributed by atoms with van der Waals surface area (Å²) < 4.78 is 4.90. The third kappa shape index (κ3) is 3.69. The summed E-state index contributed by atoms with van der Waals surface area (Å²) >= 11 is 0. The predicted molar refractivity (Wildman–Crippen MR) is 78.5 cm³/mol. The summed E-state index contributed by atoms with van der Waals surface area (Å²) in [4.78, 5) is 23.6. The highest BCUT2D eigenvalue weighted by atomic mass is 16.5. The van der Waals surface area contributed by atoms with E-state index in [9.17, 15) is 14.7 Å². The Kier molecular flexibility index (Phi) is 4.72. The second-order valence-electron chi connectivity index (χ2n) is 4.53. The van der Waals surface area contributed by atoms with Crippen molar-refractivity contribution in [2.75, 3.05) is 6.61 Å². The number of benzene rings is 2. The van der Waals surface area contributed by atoms with Gasteiger partial charge in [0.25, 0.3) is 0 Å². The first-order chi connectivity index (χ1) is 10.1. The Morgan fingerprint density at radius 2 is 1.71 bits per heavy atom. The molecule has 0 atom stereocenters. The number of aromatic hydroxyl groups is 1. The summed E-state index contributed by atoms with van der Waals surface area (Å²) in [5.74, 6) is -0.571. The number of ether oxygens (including phenoxy) is 1. The molecule has 1 N–H and O–H groups in total. The third-order valence-electron chi connectivity index (χ3n) is 3.03. The number of hydrogen-bond donors (Lipinski definition) is 1. The van der Waals surface area contributed by atoms with Gasteiger partial charge in [0.15, 0.2) is 5.78 Å². The number of Topliss-reactive ketones (excluding diaryl/α,β-unsaturated/α-hetero) is 1. The molecule has 0 amide bonds. The van der Waals surface area contributed by atoms with Crippen molar-refractivity contribution in [2.45, 2.75) is 13.3 Å². The molecule has 2 rings (SSSR count). The van der Waals surface area contributed by atoms with Crippen molar-refractivity contribution in [3.05, 3.63) is 65.2 Å². The van der Waals surface area contributed by atoms with Gasteiger partial charge in [-0.25, -0.2) is 4.79 Å². The number of esters is 1. The Bertz CT molecular complexity index is 644. The van der Waals surface area contributed by atoms with Crippen LogP contribution in [0.4, 0.5) is 0 Å². The molecule has 0 heterocycles. The fraction of sp³-hybridized carbons (Fsp3) is 0.176. The summed E-state index contributed by atoms with van der Waals surface area (Å²) in [6.07, 6.45) is 0.167. The summed E-state index contributed by atoms with van der Waals surface area (Å²) in [5.41, 5.74) is 1.53. The van der Waals surface area contributed by atoms with Gasteiger partial charge in [0, 0.05) is 6.42 Å². The molecule has 0 aromatic heterocycles. The highest BCUT2D eigenvalue weighted by molar-refractivity contribution is 6.00. The van der Waals surface area contributed by atoms with Gasteiger partial charge >= 0.3 is 5.97 Å². The Labute approximate surface area is 123 Å². The lowest BCUT2D eigenvalue weighted by Gasteiger charge is -2.05. The van der Waals surface area contributed by atoms with Gasteiger partial charge in [-0.05, 0) is 36.8 Å². The topological polar surface area (TPSA) is 63.6 Å². The van der Waals surface area contributed by atoms with E-state index in [1.54, 1.807) is 49.4 Å². The normalized spacial score (nSPS) is 10.1. The van der Waals surface area contributed by atoms with Crippen molar-refractivity contribution < 1.29 is 19.4 Å². The number of para-hydroxylation sites is 1. The van der Waals surface area contributed by atoms with Gasteiger partial charge in [-0.2, -0.15) is 0 Å². The second kappa shape index (κ2) is 6.70. The molecule has 0 fully saturated rings. The molecule has 0 aliphatic carbocycles. The van der Waals surface area contributed by atoms with E-state index in [4.69, 9.17) is 4.74 Å². The zero-order chi connectivity index (χ0) is 15.2. The average molecular weight is 284 g/mol. The maximum Gasteiger partial charge on any atom is 0.338 e. The maximum absolute atomic E-state index is 12.1. The molecule has 0 radical (unpaired) electrons. The first-order valence-electron chi connectivity index (χ1n) is 6.69. The first kappa shape index (κ1) is 14.8. The van der Waals surface area contributed by atoms with E-state index in [1.807, 2.05) is 0 Å². The molecule has 108 valence electrons. The minimum atomic E-state index is -0.379. The van der Waals surface area contributed by atoms with Crippen LogP contribution in [0, 0.1) is 0 Å². The molecular weight excluding hydrogens is 268 g/mol. The van der Waals surface area contributed by atoms with E-state index in [0.29, 0.717) is 17.7 Å². The molecule has 0 saturated carbocycles. The van der Waals surface area contributed by atoms with Crippen molar-refractivity contribution >= 4 is 11.8 Å². The first-order valence-corrected chi connectivity index (χ1v) is 6.69. The third-order valence-corrected chi connectivity index (χ3v) is 3.03. The Morgan fingerprint density at radius 1 is 1.05 bits per heavy atom. The molecule has 0 saturated heterocycles. The van der Waals surface area contributed by atoms with Crippen LogP contribution < -0.4 is 0 Å². The molecule has 2 aromatic carbocycles. The van der Waals surface area contributed by atoms with Crippen molar-refractivity contribution in [3.63, 3.8) is 0 Å². The van der Waals surface area contributed by atoms with Crippen molar-refractivity contribution in [3.8, 4) is 5.75 Å². The fourth-order valence-corrected chi connectivity index (χ4v) is 1.96. The van der Waals surface area contributed by atoms with Crippen LogP contribution in [-0.4, -0.2) is 23.5 Å². The molecule has 4 heteroatoms. The van der Waals surface area contributed by atoms with Crippen LogP contribution in [0.15, 0.2) is 48.5 Å². The van der Waals surface area contributed by atoms with E-state index in [1.165, 1.54) is 6.07 Å². The summed E-state index contributed by atoms with van der Waals surface area (Å²) in [6.45, 7) is 2.07. The molecule has 4 nitrogen and oxygen atoms in total. The van der Waals surface area contributed by atoms with E-state index >= 15 is 0 Å². The monoisotopic (exact) mass is 284 g/mol. The standard InChI is InChI=1S/C17H16O4/c1-2-21-17(20)13-9-7-12(8-10-13)11-16(19)14-5-3-4-6-15(14)18/h3-10,18H,2,11H2,1H3. The van der Waals surface area contributed by atoms with Crippen LogP contribution >= 0.6 is 0 Å². The smallest absolute Gasteiger partial charge is 0.338 e. The Balaban J connectivity index is 2.09. The zero-order valence-electron chi connectivity index (χ0n) is 11.7. The average Bonchev–Trinajstić information content (AvgIpc) is 2.48. The number of phenols is 1. The molecule has 0 spiro atoms. The highest BCUT2D eigenvalue weighted by Gasteiger charge is 2.12. The van der Waals surface area contributed by atoms with Crippen LogP contribution in [0.2, 0.25) is 0 Å². The fourth-order valence-electron chi connectivity index (χ4n) is 1.96. The Hall–Kier alpha value is -2.62. The van der Waals surface area contributed by atoms with Crippen molar-refractivity contribution in [1.29, 1.82) is 0 Å². The lowest BCUT2D eigenvalue weighted by atomic mass is 10.0. The molecule has 0 bridgehead atoms. The minimum absolute atomic E-state index is 0.0226. The number of ketones is 1. The molecule has 2 aromatic rings. The number of rotatable bonds is 5. The number of carbonyl (C=O) groups excluding carboxylic acids is 2. The maximum atomic E-state index is 12.1. The van der Waals surface area contributed by atoms with E-state index in [2.05, 4.69) is 0 Å². The van der Waals surface area contributed by atoms with E-state index < -0.39 is 0 Å². The molecular formula is C17H16O4. The zero-order valence-corrected chi connectivity index (χ0v) is 11.7. The Morgan fingerprint density at radius 3 is 2.33 bits per heavy atom. The van der Waals surface area contributed by atoms with Crippen molar-refractivity contribution in [2.24, 2.45) is 0 Å². The van der Waals surface area contributed by atoms with Crippen LogP contribution in [0.1, 0.15) is 33.2 Å². The number of carbonyl (C=O) groups is 2. The van der Waals surface area contributed by atoms with Crippen LogP contribution in [0.25, 0.3) is 0 Å². The summed E-state index contributed by atoms with van der Waals surface area (Å²) in [7, 11) is 0. The minimum Gasteiger partial charge on any atom is -0.507 e. The molecule has 0 aliphatic heterocycles. The summed E-state index contributed by atoms with van der Waals surface area (Å²) in [5, 5.41) is 9.65. The lowest BCUT2D eigenvalue weighted by Crippen LogP contribution is -2.06. The van der Waals surface area contributed by atoms with Crippen LogP contribution in [0.5, 0.6) is 5.75 Å². The number of hydrogen-bond acceptors (Lipinski definition) is 4. The van der Waals surface area contributed by atoms with E-state index in [-0.39, 0.29) is 23.9 Å². The van der Waals surface area contributed by atoms with Crippen LogP contribution in [-0.2, 0) is 11.2 Å². The van der Waals surface area contributed by atoms with Crippen molar-refractivity contribution in [1.82, 2.24) is 0 Å². The van der Waals surface area contributed by atoms with Gasteiger partial charge < -0.3 is 9.84 Å². The van der Waals surface area contributed by atoms with Gasteiger partial charge in [0.2, 0.25) is 0 Å². The SMILES string of the molecule is CCOC(=O)c1ccc(CC(=O)c2ccccc2O)cc1. The largest absolute Gasteiger partial charge is 0.507 e.